The van der Waals surface area contributed by atoms with Gasteiger partial charge in [-0.05, 0) is 64.1 Å². The molecule has 3 N–H and O–H groups in total. The van der Waals surface area contributed by atoms with Crippen LogP contribution in [-0.2, 0) is 4.79 Å². The first kappa shape index (κ1) is 26.8. The van der Waals surface area contributed by atoms with E-state index in [2.05, 4.69) is 20.9 Å². The van der Waals surface area contributed by atoms with E-state index in [0.29, 0.717) is 31.9 Å². The van der Waals surface area contributed by atoms with E-state index < -0.39 is 5.82 Å². The molecule has 1 heterocycles. The lowest BCUT2D eigenvalue weighted by Gasteiger charge is -2.36. The van der Waals surface area contributed by atoms with Crippen LogP contribution in [0.5, 0.6) is 0 Å². The van der Waals surface area contributed by atoms with Gasteiger partial charge >= 0.3 is 12.1 Å². The number of carbonyl (C=O) groups is 3. The van der Waals surface area contributed by atoms with E-state index in [9.17, 15) is 18.8 Å². The topological polar surface area (TPSA) is 97.0 Å². The van der Waals surface area contributed by atoms with Gasteiger partial charge in [0.1, 0.15) is 12.4 Å². The van der Waals surface area contributed by atoms with Gasteiger partial charge in [-0.1, -0.05) is 12.1 Å². The van der Waals surface area contributed by atoms with Crippen LogP contribution in [0.15, 0.2) is 48.5 Å². The highest BCUT2D eigenvalue weighted by molar-refractivity contribution is 5.94. The van der Waals surface area contributed by atoms with Crippen LogP contribution in [0.25, 0.3) is 0 Å². The minimum absolute atomic E-state index is 0.0162. The molecular weight excluding hydrogens is 463 g/mol. The van der Waals surface area contributed by atoms with Crippen molar-refractivity contribution in [1.82, 2.24) is 15.1 Å². The second kappa shape index (κ2) is 12.2. The van der Waals surface area contributed by atoms with Crippen molar-refractivity contribution in [2.24, 2.45) is 0 Å². The van der Waals surface area contributed by atoms with E-state index in [1.807, 2.05) is 52.0 Å². The molecule has 1 aliphatic rings. The summed E-state index contributed by atoms with van der Waals surface area (Å²) in [6, 6.07) is 12.8. The van der Waals surface area contributed by atoms with Crippen molar-refractivity contribution in [3.05, 3.63) is 54.3 Å². The van der Waals surface area contributed by atoms with Crippen molar-refractivity contribution < 1.29 is 18.8 Å². The highest BCUT2D eigenvalue weighted by atomic mass is 19.1. The number of anilines is 3. The van der Waals surface area contributed by atoms with Gasteiger partial charge in [-0.3, -0.25) is 4.79 Å². The Bertz CT molecular complexity index is 1050. The molecule has 5 amide bonds. The van der Waals surface area contributed by atoms with Crippen LogP contribution >= 0.6 is 0 Å². The summed E-state index contributed by atoms with van der Waals surface area (Å²) >= 11 is 0. The van der Waals surface area contributed by atoms with Crippen molar-refractivity contribution in [3.63, 3.8) is 0 Å². The lowest BCUT2D eigenvalue weighted by atomic mass is 10.2. The maximum atomic E-state index is 13.8. The van der Waals surface area contributed by atoms with Gasteiger partial charge in [-0.2, -0.15) is 0 Å². The van der Waals surface area contributed by atoms with E-state index in [1.165, 1.54) is 17.0 Å². The zero-order valence-electron chi connectivity index (χ0n) is 21.3. The third-order valence-electron chi connectivity index (χ3n) is 5.81. The van der Waals surface area contributed by atoms with Crippen LogP contribution in [0.1, 0.15) is 27.7 Å². The minimum atomic E-state index is -0.465. The molecule has 2 aromatic rings. The molecule has 10 heteroatoms. The molecule has 1 saturated heterocycles. The van der Waals surface area contributed by atoms with Gasteiger partial charge in [-0.15, -0.1) is 0 Å². The number of hydrogen-bond acceptors (Lipinski definition) is 4. The predicted molar refractivity (Wildman–Crippen MR) is 140 cm³/mol. The molecule has 2 aromatic carbocycles. The minimum Gasteiger partial charge on any atom is -0.368 e. The zero-order valence-corrected chi connectivity index (χ0v) is 21.3. The summed E-state index contributed by atoms with van der Waals surface area (Å²) in [6.07, 6.45) is 0. The second-order valence-corrected chi connectivity index (χ2v) is 9.30. The molecule has 36 heavy (non-hydrogen) atoms. The number of halogens is 1. The van der Waals surface area contributed by atoms with E-state index in [-0.39, 0.29) is 42.3 Å². The molecule has 194 valence electrons. The van der Waals surface area contributed by atoms with Crippen molar-refractivity contribution >= 4 is 35.0 Å². The highest BCUT2D eigenvalue weighted by Gasteiger charge is 2.23. The molecule has 0 aliphatic carbocycles. The summed E-state index contributed by atoms with van der Waals surface area (Å²) in [4.78, 5) is 42.7. The number of para-hydroxylation sites is 1. The number of amides is 5. The Labute approximate surface area is 211 Å². The number of benzene rings is 2. The van der Waals surface area contributed by atoms with E-state index in [4.69, 9.17) is 0 Å². The Kier molecular flexibility index (Phi) is 9.10. The number of nitrogens with zero attached hydrogens (tertiary/aromatic N) is 3. The molecule has 0 spiro atoms. The average Bonchev–Trinajstić information content (AvgIpc) is 2.84. The smallest absolute Gasteiger partial charge is 0.322 e. The van der Waals surface area contributed by atoms with Gasteiger partial charge < -0.3 is 30.7 Å². The summed E-state index contributed by atoms with van der Waals surface area (Å²) in [5, 5.41) is 8.28. The molecule has 0 radical (unpaired) electrons. The zero-order chi connectivity index (χ0) is 26.2. The molecule has 0 bridgehead atoms. The van der Waals surface area contributed by atoms with Crippen molar-refractivity contribution in [2.45, 2.75) is 39.8 Å². The van der Waals surface area contributed by atoms with E-state index >= 15 is 0 Å². The maximum absolute atomic E-state index is 13.8. The fraction of sp³-hybridized carbons (Fsp3) is 0.423. The second-order valence-electron chi connectivity index (χ2n) is 9.30. The van der Waals surface area contributed by atoms with Gasteiger partial charge in [0.05, 0.1) is 5.69 Å². The summed E-state index contributed by atoms with van der Waals surface area (Å²) in [5.74, 6) is -0.739. The average molecular weight is 499 g/mol. The summed E-state index contributed by atoms with van der Waals surface area (Å²) < 4.78 is 13.8. The number of rotatable bonds is 7. The maximum Gasteiger partial charge on any atom is 0.322 e. The lowest BCUT2D eigenvalue weighted by molar-refractivity contribution is -0.117. The molecule has 1 aliphatic heterocycles. The Morgan fingerprint density at radius 1 is 0.917 bits per heavy atom. The summed E-state index contributed by atoms with van der Waals surface area (Å²) in [5.41, 5.74) is 1.78. The molecule has 1 fully saturated rings. The van der Waals surface area contributed by atoms with Crippen LogP contribution < -0.4 is 20.9 Å². The highest BCUT2D eigenvalue weighted by Crippen LogP contribution is 2.20. The number of nitrogens with one attached hydrogen (secondary N) is 3. The SMILES string of the molecule is CC(C)NC(=O)N(CC(=O)Nc1ccc(N2CCN(C(=O)Nc3ccccc3F)CC2)cc1)C(C)C. The molecular formula is C26H35FN6O3. The lowest BCUT2D eigenvalue weighted by Crippen LogP contribution is -2.50. The fourth-order valence-electron chi connectivity index (χ4n) is 3.85. The van der Waals surface area contributed by atoms with Gasteiger partial charge in [0.25, 0.3) is 0 Å². The molecule has 0 unspecified atom stereocenters. The van der Waals surface area contributed by atoms with Crippen molar-refractivity contribution in [3.8, 4) is 0 Å². The standard InChI is InChI=1S/C26H35FN6O3/c1-18(2)28-26(36)33(19(3)4)17-24(34)29-20-9-11-21(12-10-20)31-13-15-32(16-14-31)25(35)30-23-8-6-5-7-22(23)27/h5-12,18-19H,13-17H2,1-4H3,(H,28,36)(H,29,34)(H,30,35). The fourth-order valence-corrected chi connectivity index (χ4v) is 3.85. The number of piperazine rings is 1. The normalized spacial score (nSPS) is 13.5. The largest absolute Gasteiger partial charge is 0.368 e. The third-order valence-corrected chi connectivity index (χ3v) is 5.81. The van der Waals surface area contributed by atoms with Crippen LogP contribution in [0, 0.1) is 5.82 Å². The third kappa shape index (κ3) is 7.34. The van der Waals surface area contributed by atoms with Gasteiger partial charge in [0.15, 0.2) is 0 Å². The predicted octanol–water partition coefficient (Wildman–Crippen LogP) is 3.95. The first-order valence-corrected chi connectivity index (χ1v) is 12.2. The Morgan fingerprint density at radius 3 is 2.14 bits per heavy atom. The van der Waals surface area contributed by atoms with Crippen molar-refractivity contribution in [1.29, 1.82) is 0 Å². The molecule has 0 aromatic heterocycles. The quantitative estimate of drug-likeness (QED) is 0.539. The van der Waals surface area contributed by atoms with E-state index in [0.717, 1.165) is 5.69 Å². The number of hydrogen-bond donors (Lipinski definition) is 3. The Morgan fingerprint density at radius 2 is 1.56 bits per heavy atom. The molecule has 0 atom stereocenters. The first-order valence-electron chi connectivity index (χ1n) is 12.2. The van der Waals surface area contributed by atoms with Gasteiger partial charge in [0, 0.05) is 49.6 Å². The summed E-state index contributed by atoms with van der Waals surface area (Å²) in [6.45, 7) is 9.70. The van der Waals surface area contributed by atoms with Crippen LogP contribution in [-0.4, -0.2) is 72.6 Å². The van der Waals surface area contributed by atoms with Gasteiger partial charge in [0.2, 0.25) is 5.91 Å². The number of urea groups is 2. The molecule has 3 rings (SSSR count). The van der Waals surface area contributed by atoms with Gasteiger partial charge in [-0.25, -0.2) is 14.0 Å². The molecule has 0 saturated carbocycles. The van der Waals surface area contributed by atoms with Crippen LogP contribution in [0.3, 0.4) is 0 Å². The van der Waals surface area contributed by atoms with E-state index in [1.54, 1.807) is 17.0 Å². The monoisotopic (exact) mass is 498 g/mol. The summed E-state index contributed by atoms with van der Waals surface area (Å²) in [7, 11) is 0. The van der Waals surface area contributed by atoms with Crippen molar-refractivity contribution in [2.75, 3.05) is 48.3 Å². The van der Waals surface area contributed by atoms with Crippen LogP contribution in [0.4, 0.5) is 31.0 Å². The van der Waals surface area contributed by atoms with Crippen LogP contribution in [0.2, 0.25) is 0 Å². The first-order chi connectivity index (χ1) is 17.1. The molecule has 9 nitrogen and oxygen atoms in total. The Hall–Kier alpha value is -3.82. The Balaban J connectivity index is 1.49. The number of carbonyl (C=O) groups excluding carboxylic acids is 3.